The zero-order valence-corrected chi connectivity index (χ0v) is 18.8. The summed E-state index contributed by atoms with van der Waals surface area (Å²) in [5.74, 6) is 6.80. The molecule has 0 N–H and O–H groups in total. The largest absolute Gasteiger partial charge is 0.0882 e. The Hall–Kier alpha value is -0.260. The topological polar surface area (TPSA) is 0 Å². The predicted molar refractivity (Wildman–Crippen MR) is 122 cm³/mol. The first-order valence-corrected chi connectivity index (χ1v) is 13.5. The van der Waals surface area contributed by atoms with Gasteiger partial charge >= 0.3 is 0 Å². The van der Waals surface area contributed by atoms with E-state index < -0.39 is 0 Å². The van der Waals surface area contributed by atoms with Gasteiger partial charge in [-0.05, 0) is 61.2 Å². The van der Waals surface area contributed by atoms with Gasteiger partial charge in [-0.1, -0.05) is 115 Å². The van der Waals surface area contributed by atoms with Crippen molar-refractivity contribution in [1.29, 1.82) is 0 Å². The second-order valence-corrected chi connectivity index (χ2v) is 11.2. The normalized spacial score (nSPS) is 41.4. The quantitative estimate of drug-likeness (QED) is 0.365. The van der Waals surface area contributed by atoms with Crippen molar-refractivity contribution >= 4 is 0 Å². The monoisotopic (exact) mass is 384 g/mol. The molecule has 6 rings (SSSR count). The van der Waals surface area contributed by atoms with Crippen LogP contribution < -0.4 is 0 Å². The zero-order chi connectivity index (χ0) is 19.0. The number of rotatable bonds is 0. The Labute approximate surface area is 176 Å². The summed E-state index contributed by atoms with van der Waals surface area (Å²) in [6.07, 6.45) is 35.2. The second-order valence-electron chi connectivity index (χ2n) is 11.2. The summed E-state index contributed by atoms with van der Waals surface area (Å²) in [5, 5.41) is 0. The SMILES string of the molecule is C1=CCC2CCCC2C1.C1CC2CCCC2C1.C1CCC2CCCCC2CC1. The molecule has 160 valence electrons. The lowest BCUT2D eigenvalue weighted by atomic mass is 9.77. The highest BCUT2D eigenvalue weighted by atomic mass is 14.4. The predicted octanol–water partition coefficient (Wildman–Crippen LogP) is 9.10. The summed E-state index contributed by atoms with van der Waals surface area (Å²) in [6, 6.07) is 0. The van der Waals surface area contributed by atoms with Crippen LogP contribution in [0.25, 0.3) is 0 Å². The molecule has 0 bridgehead atoms. The highest BCUT2D eigenvalue weighted by Gasteiger charge is 2.31. The minimum Gasteiger partial charge on any atom is -0.0882 e. The molecule has 0 nitrogen and oxygen atoms in total. The maximum atomic E-state index is 2.37. The Morgan fingerprint density at radius 2 is 0.571 bits per heavy atom. The third-order valence-electron chi connectivity index (χ3n) is 9.54. The van der Waals surface area contributed by atoms with Crippen LogP contribution in [0.3, 0.4) is 0 Å². The van der Waals surface area contributed by atoms with Gasteiger partial charge in [0.1, 0.15) is 0 Å². The fourth-order valence-electron chi connectivity index (χ4n) is 7.83. The van der Waals surface area contributed by atoms with Crippen LogP contribution in [-0.4, -0.2) is 0 Å². The first kappa shape index (κ1) is 21.0. The van der Waals surface area contributed by atoms with Crippen LogP contribution in [0.15, 0.2) is 12.2 Å². The van der Waals surface area contributed by atoms with Crippen molar-refractivity contribution < 1.29 is 0 Å². The molecule has 0 radical (unpaired) electrons. The third kappa shape index (κ3) is 5.89. The van der Waals surface area contributed by atoms with Crippen molar-refractivity contribution in [3.63, 3.8) is 0 Å². The van der Waals surface area contributed by atoms with E-state index in [1.165, 1.54) is 88.9 Å². The Kier molecular flexibility index (Phi) is 8.41. The highest BCUT2D eigenvalue weighted by Crippen LogP contribution is 2.43. The van der Waals surface area contributed by atoms with Crippen LogP contribution in [0, 0.1) is 35.5 Å². The average Bonchev–Trinajstić information content (AvgIpc) is 3.43. The Morgan fingerprint density at radius 1 is 0.286 bits per heavy atom. The van der Waals surface area contributed by atoms with E-state index in [0.717, 1.165) is 23.7 Å². The Morgan fingerprint density at radius 3 is 0.964 bits per heavy atom. The molecule has 4 atom stereocenters. The molecule has 0 aliphatic heterocycles. The number of fused-ring (bicyclic) bond motifs is 3. The first-order chi connectivity index (χ1) is 13.9. The van der Waals surface area contributed by atoms with Gasteiger partial charge < -0.3 is 0 Å². The van der Waals surface area contributed by atoms with Crippen molar-refractivity contribution in [2.45, 2.75) is 128 Å². The summed E-state index contributed by atoms with van der Waals surface area (Å²) in [6.45, 7) is 0. The molecule has 0 amide bonds. The molecular formula is C28H48. The zero-order valence-electron chi connectivity index (χ0n) is 18.8. The molecule has 0 aromatic rings. The van der Waals surface area contributed by atoms with E-state index in [-0.39, 0.29) is 0 Å². The Balaban J connectivity index is 0.000000104. The number of allylic oxidation sites excluding steroid dienone is 2. The van der Waals surface area contributed by atoms with Gasteiger partial charge in [-0.3, -0.25) is 0 Å². The molecule has 0 saturated heterocycles. The number of hydrogen-bond donors (Lipinski definition) is 0. The molecule has 5 fully saturated rings. The van der Waals surface area contributed by atoms with Crippen molar-refractivity contribution in [3.8, 4) is 0 Å². The van der Waals surface area contributed by atoms with E-state index in [0.29, 0.717) is 0 Å². The maximum Gasteiger partial charge on any atom is -0.0319 e. The second kappa shape index (κ2) is 11.2. The Bertz CT molecular complexity index is 415. The smallest absolute Gasteiger partial charge is 0.0319 e. The summed E-state index contributed by atoms with van der Waals surface area (Å²) in [5.41, 5.74) is 0. The summed E-state index contributed by atoms with van der Waals surface area (Å²) < 4.78 is 0. The molecule has 6 aliphatic rings. The molecule has 0 aromatic carbocycles. The lowest BCUT2D eigenvalue weighted by molar-refractivity contribution is 0.224. The molecule has 0 heteroatoms. The molecule has 0 heterocycles. The lowest BCUT2D eigenvalue weighted by Crippen LogP contribution is -2.17. The fraction of sp³-hybridized carbons (Fsp3) is 0.929. The molecule has 6 aliphatic carbocycles. The van der Waals surface area contributed by atoms with Crippen LogP contribution in [0.5, 0.6) is 0 Å². The third-order valence-corrected chi connectivity index (χ3v) is 9.54. The maximum absolute atomic E-state index is 2.37. The van der Waals surface area contributed by atoms with Crippen molar-refractivity contribution in [2.24, 2.45) is 35.5 Å². The van der Waals surface area contributed by atoms with Gasteiger partial charge in [-0.25, -0.2) is 0 Å². The van der Waals surface area contributed by atoms with Crippen LogP contribution in [0.2, 0.25) is 0 Å². The van der Waals surface area contributed by atoms with E-state index in [9.17, 15) is 0 Å². The van der Waals surface area contributed by atoms with Crippen LogP contribution >= 0.6 is 0 Å². The van der Waals surface area contributed by atoms with Gasteiger partial charge in [-0.15, -0.1) is 0 Å². The lowest BCUT2D eigenvalue weighted by Gasteiger charge is -2.29. The van der Waals surface area contributed by atoms with Gasteiger partial charge in [-0.2, -0.15) is 0 Å². The first-order valence-electron chi connectivity index (χ1n) is 13.5. The molecule has 28 heavy (non-hydrogen) atoms. The van der Waals surface area contributed by atoms with Crippen LogP contribution in [-0.2, 0) is 0 Å². The average molecular weight is 385 g/mol. The van der Waals surface area contributed by atoms with E-state index in [4.69, 9.17) is 0 Å². The standard InChI is InChI=1S/C11H20.C9H14.C8H14/c1-2-6-10-8-4-5-9-11(10)7-3-1;1-2-5-9-7-3-6-8(9)4-1;1-3-7-5-2-6-8(7)4-1/h10-11H,1-9H2;1-2,8-9H,3-7H2;7-8H,1-6H2. The fourth-order valence-corrected chi connectivity index (χ4v) is 7.83. The van der Waals surface area contributed by atoms with Gasteiger partial charge in [0.25, 0.3) is 0 Å². The van der Waals surface area contributed by atoms with E-state index in [2.05, 4.69) is 12.2 Å². The summed E-state index contributed by atoms with van der Waals surface area (Å²) in [4.78, 5) is 0. The number of hydrogen-bond acceptors (Lipinski definition) is 0. The van der Waals surface area contributed by atoms with Gasteiger partial charge in [0.2, 0.25) is 0 Å². The van der Waals surface area contributed by atoms with E-state index in [1.807, 2.05) is 0 Å². The van der Waals surface area contributed by atoms with Crippen molar-refractivity contribution in [3.05, 3.63) is 12.2 Å². The molecular weight excluding hydrogens is 336 g/mol. The van der Waals surface area contributed by atoms with Crippen LogP contribution in [0.4, 0.5) is 0 Å². The minimum absolute atomic E-state index is 1.08. The summed E-state index contributed by atoms with van der Waals surface area (Å²) in [7, 11) is 0. The van der Waals surface area contributed by atoms with E-state index in [1.54, 1.807) is 51.4 Å². The van der Waals surface area contributed by atoms with E-state index >= 15 is 0 Å². The van der Waals surface area contributed by atoms with Crippen molar-refractivity contribution in [1.82, 2.24) is 0 Å². The summed E-state index contributed by atoms with van der Waals surface area (Å²) >= 11 is 0. The van der Waals surface area contributed by atoms with Crippen LogP contribution in [0.1, 0.15) is 128 Å². The van der Waals surface area contributed by atoms with Gasteiger partial charge in [0.05, 0.1) is 0 Å². The molecule has 4 unspecified atom stereocenters. The highest BCUT2D eigenvalue weighted by molar-refractivity contribution is 4.96. The van der Waals surface area contributed by atoms with Crippen molar-refractivity contribution in [2.75, 3.05) is 0 Å². The molecule has 0 spiro atoms. The van der Waals surface area contributed by atoms with Gasteiger partial charge in [0, 0.05) is 0 Å². The molecule has 5 saturated carbocycles. The minimum atomic E-state index is 1.08. The molecule has 0 aromatic heterocycles. The van der Waals surface area contributed by atoms with Gasteiger partial charge in [0.15, 0.2) is 0 Å².